The van der Waals surface area contributed by atoms with E-state index in [1.807, 2.05) is 47.5 Å². The molecule has 4 N–H and O–H groups in total. The fourth-order valence-corrected chi connectivity index (χ4v) is 4.41. The molecule has 0 unspecified atom stereocenters. The van der Waals surface area contributed by atoms with E-state index in [9.17, 15) is 9.59 Å². The van der Waals surface area contributed by atoms with Gasteiger partial charge in [-0.2, -0.15) is 0 Å². The zero-order valence-electron chi connectivity index (χ0n) is 18.1. The van der Waals surface area contributed by atoms with Crippen LogP contribution in [0.5, 0.6) is 0 Å². The topological polar surface area (TPSA) is 92.9 Å². The third kappa shape index (κ3) is 4.53. The number of fused-ring (bicyclic) bond motifs is 1. The van der Waals surface area contributed by atoms with Crippen molar-refractivity contribution in [3.63, 3.8) is 0 Å². The number of pyridine rings is 1. The van der Waals surface area contributed by atoms with Crippen molar-refractivity contribution in [3.8, 4) is 11.1 Å². The summed E-state index contributed by atoms with van der Waals surface area (Å²) in [7, 11) is 0. The third-order valence-electron chi connectivity index (χ3n) is 6.18. The molecule has 2 aliphatic rings. The summed E-state index contributed by atoms with van der Waals surface area (Å²) in [6.07, 6.45) is 4.81. The number of halogens is 1. The van der Waals surface area contributed by atoms with Crippen LogP contribution in [0, 0.1) is 0 Å². The highest BCUT2D eigenvalue weighted by molar-refractivity contribution is 5.96. The zero-order valence-corrected chi connectivity index (χ0v) is 18.9. The van der Waals surface area contributed by atoms with Crippen LogP contribution in [0.15, 0.2) is 66.9 Å². The van der Waals surface area contributed by atoms with Gasteiger partial charge >= 0.3 is 0 Å². The number of piperazine rings is 1. The Balaban J connectivity index is 0.00000259. The Kier molecular flexibility index (Phi) is 6.58. The normalized spacial score (nSPS) is 14.8. The maximum atomic E-state index is 12.9. The van der Waals surface area contributed by atoms with Crippen LogP contribution in [0.2, 0.25) is 0 Å². The molecule has 3 aromatic rings. The number of quaternary nitrogens is 1. The molecule has 1 aliphatic heterocycles. The molecule has 0 radical (unpaired) electrons. The number of aromatic nitrogens is 1. The van der Waals surface area contributed by atoms with Gasteiger partial charge in [-0.3, -0.25) is 14.6 Å². The summed E-state index contributed by atoms with van der Waals surface area (Å²) in [6, 6.07) is 17.3. The van der Waals surface area contributed by atoms with E-state index in [1.165, 1.54) is 0 Å². The number of carbonyl (C=O) groups is 2. The Labute approximate surface area is 198 Å². The minimum Gasteiger partial charge on any atom is -1.00 e. The van der Waals surface area contributed by atoms with Gasteiger partial charge in [-0.1, -0.05) is 30.3 Å². The second-order valence-corrected chi connectivity index (χ2v) is 8.22. The van der Waals surface area contributed by atoms with Crippen LogP contribution in [0.1, 0.15) is 37.5 Å². The van der Waals surface area contributed by atoms with Gasteiger partial charge in [-0.15, -0.1) is 0 Å². The number of carbonyl (C=O) groups excluding carboxylic acids is 2. The van der Waals surface area contributed by atoms with Crippen LogP contribution >= 0.6 is 0 Å². The van der Waals surface area contributed by atoms with Crippen molar-refractivity contribution in [2.45, 2.75) is 6.42 Å². The van der Waals surface area contributed by atoms with E-state index in [2.05, 4.69) is 17.5 Å². The first kappa shape index (κ1) is 22.7. The van der Waals surface area contributed by atoms with Gasteiger partial charge in [0.1, 0.15) is 0 Å². The molecule has 2 heterocycles. The maximum Gasteiger partial charge on any atom is 0.254 e. The van der Waals surface area contributed by atoms with Gasteiger partial charge in [-0.25, -0.2) is 0 Å². The maximum absolute atomic E-state index is 12.9. The number of nitrogens with zero attached hydrogens (tertiary/aromatic N) is 2. The SMILES string of the molecule is NC(=O)c1ccc(C2=CCc3ncc(-c4cccc(C(=O)N5CC[NH2+]CC5)c4)cc32)cc1.[Cl-]. The third-order valence-corrected chi connectivity index (χ3v) is 6.18. The first-order valence-corrected chi connectivity index (χ1v) is 10.9. The lowest BCUT2D eigenvalue weighted by Gasteiger charge is -2.25. The Morgan fingerprint density at radius 3 is 2.39 bits per heavy atom. The molecular weight excluding hydrogens is 436 g/mol. The molecule has 2 aromatic carbocycles. The molecule has 1 aromatic heterocycles. The molecule has 5 rings (SSSR count). The molecule has 6 nitrogen and oxygen atoms in total. The Morgan fingerprint density at radius 1 is 0.909 bits per heavy atom. The Hall–Kier alpha value is -3.48. The molecule has 1 fully saturated rings. The van der Waals surface area contributed by atoms with Crippen molar-refractivity contribution in [1.82, 2.24) is 9.88 Å². The van der Waals surface area contributed by atoms with E-state index in [0.717, 1.165) is 66.1 Å². The minimum absolute atomic E-state index is 0. The molecule has 7 heteroatoms. The summed E-state index contributed by atoms with van der Waals surface area (Å²) in [5.41, 5.74) is 12.8. The lowest BCUT2D eigenvalue weighted by Crippen LogP contribution is -3.00. The second-order valence-electron chi connectivity index (χ2n) is 8.22. The highest BCUT2D eigenvalue weighted by atomic mass is 35.5. The smallest absolute Gasteiger partial charge is 0.254 e. The standard InChI is InChI=1S/C26H24N4O2.ClH/c27-25(31)18-6-4-17(5-7-18)22-8-9-24-23(22)15-21(16-29-24)19-2-1-3-20(14-19)26(32)30-12-10-28-11-13-30;/h1-8,14-16,28H,9-13H2,(H2,27,31);1H. The molecule has 33 heavy (non-hydrogen) atoms. The zero-order chi connectivity index (χ0) is 22.1. The molecule has 0 saturated carbocycles. The van der Waals surface area contributed by atoms with Gasteiger partial charge in [0.25, 0.3) is 5.91 Å². The van der Waals surface area contributed by atoms with Crippen molar-refractivity contribution in [2.24, 2.45) is 5.73 Å². The van der Waals surface area contributed by atoms with E-state index in [1.54, 1.807) is 12.1 Å². The van der Waals surface area contributed by atoms with Crippen LogP contribution in [0.3, 0.4) is 0 Å². The molecule has 0 spiro atoms. The summed E-state index contributed by atoms with van der Waals surface area (Å²) in [5, 5.41) is 2.24. The Morgan fingerprint density at radius 2 is 1.67 bits per heavy atom. The average molecular weight is 461 g/mol. The second kappa shape index (κ2) is 9.57. The van der Waals surface area contributed by atoms with E-state index in [-0.39, 0.29) is 18.3 Å². The van der Waals surface area contributed by atoms with Crippen LogP contribution in [-0.4, -0.2) is 47.9 Å². The number of amides is 2. The summed E-state index contributed by atoms with van der Waals surface area (Å²) in [5.74, 6) is -0.345. The summed E-state index contributed by atoms with van der Waals surface area (Å²) in [6.45, 7) is 3.48. The van der Waals surface area contributed by atoms with Gasteiger partial charge < -0.3 is 28.4 Å². The van der Waals surface area contributed by atoms with E-state index < -0.39 is 5.91 Å². The predicted molar refractivity (Wildman–Crippen MR) is 123 cm³/mol. The van der Waals surface area contributed by atoms with Crippen LogP contribution in [-0.2, 0) is 6.42 Å². The first-order valence-electron chi connectivity index (χ1n) is 10.9. The molecule has 0 bridgehead atoms. The fraction of sp³-hybridized carbons (Fsp3) is 0.192. The van der Waals surface area contributed by atoms with E-state index >= 15 is 0 Å². The number of hydrogen-bond donors (Lipinski definition) is 2. The number of allylic oxidation sites excluding steroid dienone is 1. The van der Waals surface area contributed by atoms with Crippen LogP contribution in [0.4, 0.5) is 0 Å². The monoisotopic (exact) mass is 460 g/mol. The lowest BCUT2D eigenvalue weighted by molar-refractivity contribution is -0.661. The largest absolute Gasteiger partial charge is 1.00 e. The van der Waals surface area contributed by atoms with Crippen molar-refractivity contribution in [2.75, 3.05) is 26.2 Å². The molecule has 1 saturated heterocycles. The van der Waals surface area contributed by atoms with Gasteiger partial charge in [0.15, 0.2) is 0 Å². The number of benzene rings is 2. The molecule has 1 aliphatic carbocycles. The predicted octanol–water partition coefficient (Wildman–Crippen LogP) is -1.14. The number of primary amides is 1. The van der Waals surface area contributed by atoms with E-state index in [4.69, 9.17) is 10.7 Å². The molecular formula is C26H25ClN4O2. The summed E-state index contributed by atoms with van der Waals surface area (Å²) in [4.78, 5) is 30.9. The first-order chi connectivity index (χ1) is 15.6. The fourth-order valence-electron chi connectivity index (χ4n) is 4.41. The Bertz CT molecular complexity index is 1230. The summed E-state index contributed by atoms with van der Waals surface area (Å²) < 4.78 is 0. The van der Waals surface area contributed by atoms with E-state index in [0.29, 0.717) is 11.1 Å². The van der Waals surface area contributed by atoms with Gasteiger partial charge in [0.2, 0.25) is 5.91 Å². The van der Waals surface area contributed by atoms with Crippen molar-refractivity contribution in [3.05, 3.63) is 94.8 Å². The number of hydrogen-bond acceptors (Lipinski definition) is 3. The quantitative estimate of drug-likeness (QED) is 0.515. The van der Waals surface area contributed by atoms with Crippen LogP contribution < -0.4 is 23.5 Å². The highest BCUT2D eigenvalue weighted by Gasteiger charge is 2.21. The van der Waals surface area contributed by atoms with Gasteiger partial charge in [0.05, 0.1) is 31.9 Å². The highest BCUT2D eigenvalue weighted by Crippen LogP contribution is 2.34. The number of rotatable bonds is 4. The summed E-state index contributed by atoms with van der Waals surface area (Å²) >= 11 is 0. The molecule has 168 valence electrons. The molecule has 2 amide bonds. The van der Waals surface area contributed by atoms with Crippen molar-refractivity contribution >= 4 is 17.4 Å². The number of nitrogens with two attached hydrogens (primary N) is 2. The molecule has 0 atom stereocenters. The lowest BCUT2D eigenvalue weighted by atomic mass is 9.96. The van der Waals surface area contributed by atoms with Gasteiger partial charge in [-0.05, 0) is 47.0 Å². The van der Waals surface area contributed by atoms with Crippen molar-refractivity contribution < 1.29 is 27.3 Å². The van der Waals surface area contributed by atoms with Crippen molar-refractivity contribution in [1.29, 1.82) is 0 Å². The minimum atomic E-state index is -0.432. The average Bonchev–Trinajstić information content (AvgIpc) is 3.27. The van der Waals surface area contributed by atoms with Gasteiger partial charge in [0, 0.05) is 34.9 Å². The van der Waals surface area contributed by atoms with Crippen LogP contribution in [0.25, 0.3) is 16.7 Å².